The summed E-state index contributed by atoms with van der Waals surface area (Å²) in [4.78, 5) is 14.3. The van der Waals surface area contributed by atoms with E-state index in [0.29, 0.717) is 25.5 Å². The molecule has 1 aromatic rings. The number of halogens is 1. The number of hydrogen-bond donors (Lipinski definition) is 0. The molecule has 1 aromatic carbocycles. The molecule has 3 nitrogen and oxygen atoms in total. The molecule has 1 fully saturated rings. The molecule has 0 radical (unpaired) electrons. The minimum absolute atomic E-state index is 0.0423. The van der Waals surface area contributed by atoms with Crippen molar-refractivity contribution in [3.05, 3.63) is 35.4 Å². The first-order valence-corrected chi connectivity index (χ1v) is 7.16. The van der Waals surface area contributed by atoms with Crippen LogP contribution in [-0.4, -0.2) is 42.0 Å². The van der Waals surface area contributed by atoms with Gasteiger partial charge in [-0.15, -0.1) is 11.6 Å². The van der Waals surface area contributed by atoms with Crippen LogP contribution in [-0.2, 0) is 16.0 Å². The number of amides is 1. The SMILES string of the molecule is Cc1cccc(CC(=O)N2CC(CCl)OCC2C)c1. The second-order valence-electron chi connectivity index (χ2n) is 5.17. The Kier molecular flexibility index (Phi) is 4.83. The molecule has 1 amide bonds. The monoisotopic (exact) mass is 281 g/mol. The minimum atomic E-state index is -0.0423. The zero-order chi connectivity index (χ0) is 13.8. The summed E-state index contributed by atoms with van der Waals surface area (Å²) in [7, 11) is 0. The molecule has 0 aromatic heterocycles. The van der Waals surface area contributed by atoms with Gasteiger partial charge in [0.15, 0.2) is 0 Å². The number of alkyl halides is 1. The van der Waals surface area contributed by atoms with Crippen molar-refractivity contribution < 1.29 is 9.53 Å². The molecule has 104 valence electrons. The zero-order valence-corrected chi connectivity index (χ0v) is 12.2. The predicted octanol–water partition coefficient (Wildman–Crippen LogP) is 2.39. The second kappa shape index (κ2) is 6.40. The molecule has 2 rings (SSSR count). The molecule has 0 N–H and O–H groups in total. The summed E-state index contributed by atoms with van der Waals surface area (Å²) in [5, 5.41) is 0. The maximum atomic E-state index is 12.4. The summed E-state index contributed by atoms with van der Waals surface area (Å²) < 4.78 is 5.56. The number of hydrogen-bond acceptors (Lipinski definition) is 2. The van der Waals surface area contributed by atoms with Gasteiger partial charge >= 0.3 is 0 Å². The minimum Gasteiger partial charge on any atom is -0.373 e. The average molecular weight is 282 g/mol. The van der Waals surface area contributed by atoms with E-state index in [4.69, 9.17) is 16.3 Å². The summed E-state index contributed by atoms with van der Waals surface area (Å²) in [5.41, 5.74) is 2.24. The number of aryl methyl sites for hydroxylation is 1. The van der Waals surface area contributed by atoms with Gasteiger partial charge in [-0.3, -0.25) is 4.79 Å². The predicted molar refractivity (Wildman–Crippen MR) is 76.5 cm³/mol. The van der Waals surface area contributed by atoms with Crippen molar-refractivity contribution in [2.24, 2.45) is 0 Å². The largest absolute Gasteiger partial charge is 0.373 e. The first-order valence-electron chi connectivity index (χ1n) is 6.62. The lowest BCUT2D eigenvalue weighted by Gasteiger charge is -2.37. The Morgan fingerprint density at radius 3 is 3.00 bits per heavy atom. The van der Waals surface area contributed by atoms with E-state index >= 15 is 0 Å². The first kappa shape index (κ1) is 14.4. The fourth-order valence-corrected chi connectivity index (χ4v) is 2.54. The van der Waals surface area contributed by atoms with Gasteiger partial charge < -0.3 is 9.64 Å². The van der Waals surface area contributed by atoms with E-state index in [2.05, 4.69) is 6.07 Å². The fraction of sp³-hybridized carbons (Fsp3) is 0.533. The summed E-state index contributed by atoms with van der Waals surface area (Å²) in [6.07, 6.45) is 0.403. The normalized spacial score (nSPS) is 23.4. The van der Waals surface area contributed by atoms with Crippen molar-refractivity contribution in [3.8, 4) is 0 Å². The lowest BCUT2D eigenvalue weighted by Crippen LogP contribution is -2.52. The molecule has 1 saturated heterocycles. The van der Waals surface area contributed by atoms with E-state index in [0.717, 1.165) is 5.56 Å². The molecule has 0 aliphatic carbocycles. The van der Waals surface area contributed by atoms with Gasteiger partial charge in [-0.1, -0.05) is 29.8 Å². The average Bonchev–Trinajstić information content (AvgIpc) is 2.39. The molecule has 2 atom stereocenters. The Morgan fingerprint density at radius 1 is 1.53 bits per heavy atom. The Bertz CT molecular complexity index is 450. The molecular weight excluding hydrogens is 262 g/mol. The van der Waals surface area contributed by atoms with E-state index in [9.17, 15) is 4.79 Å². The number of benzene rings is 1. The fourth-order valence-electron chi connectivity index (χ4n) is 2.36. The summed E-state index contributed by atoms with van der Waals surface area (Å²) >= 11 is 5.82. The lowest BCUT2D eigenvalue weighted by molar-refractivity contribution is -0.142. The van der Waals surface area contributed by atoms with Crippen LogP contribution in [0.5, 0.6) is 0 Å². The highest BCUT2D eigenvalue weighted by Gasteiger charge is 2.28. The first-order chi connectivity index (χ1) is 9.10. The van der Waals surface area contributed by atoms with Gasteiger partial charge in [0.25, 0.3) is 0 Å². The summed E-state index contributed by atoms with van der Waals surface area (Å²) in [6.45, 7) is 5.21. The third-order valence-electron chi connectivity index (χ3n) is 3.44. The van der Waals surface area contributed by atoms with Crippen molar-refractivity contribution in [1.82, 2.24) is 4.90 Å². The number of carbonyl (C=O) groups is 1. The standard InChI is InChI=1S/C15H20ClNO2/c1-11-4-3-5-13(6-11)7-15(18)17-9-14(8-16)19-10-12(17)2/h3-6,12,14H,7-10H2,1-2H3. The lowest BCUT2D eigenvalue weighted by atomic mass is 10.1. The summed E-state index contributed by atoms with van der Waals surface area (Å²) in [5.74, 6) is 0.581. The molecule has 0 saturated carbocycles. The molecule has 4 heteroatoms. The van der Waals surface area contributed by atoms with E-state index in [1.165, 1.54) is 5.56 Å². The third-order valence-corrected chi connectivity index (χ3v) is 3.78. The molecule has 1 aliphatic rings. The van der Waals surface area contributed by atoms with Crippen molar-refractivity contribution >= 4 is 17.5 Å². The number of carbonyl (C=O) groups excluding carboxylic acids is 1. The number of rotatable bonds is 3. The van der Waals surface area contributed by atoms with Gasteiger partial charge in [-0.05, 0) is 19.4 Å². The van der Waals surface area contributed by atoms with Crippen LogP contribution in [0.15, 0.2) is 24.3 Å². The smallest absolute Gasteiger partial charge is 0.227 e. The van der Waals surface area contributed by atoms with Gasteiger partial charge in [-0.2, -0.15) is 0 Å². The van der Waals surface area contributed by atoms with Gasteiger partial charge in [0.05, 0.1) is 31.1 Å². The van der Waals surface area contributed by atoms with Crippen LogP contribution < -0.4 is 0 Å². The van der Waals surface area contributed by atoms with Crippen LogP contribution in [0.4, 0.5) is 0 Å². The van der Waals surface area contributed by atoms with E-state index in [-0.39, 0.29) is 18.1 Å². The maximum absolute atomic E-state index is 12.4. The van der Waals surface area contributed by atoms with Crippen LogP contribution in [0.3, 0.4) is 0 Å². The number of nitrogens with zero attached hydrogens (tertiary/aromatic N) is 1. The second-order valence-corrected chi connectivity index (χ2v) is 5.48. The Morgan fingerprint density at radius 2 is 2.32 bits per heavy atom. The van der Waals surface area contributed by atoms with Crippen molar-refractivity contribution in [3.63, 3.8) is 0 Å². The van der Waals surface area contributed by atoms with Crippen molar-refractivity contribution in [2.45, 2.75) is 32.4 Å². The Hall–Kier alpha value is -1.06. The molecular formula is C15H20ClNO2. The topological polar surface area (TPSA) is 29.5 Å². The van der Waals surface area contributed by atoms with Gasteiger partial charge in [0.1, 0.15) is 0 Å². The van der Waals surface area contributed by atoms with Gasteiger partial charge in [-0.25, -0.2) is 0 Å². The molecule has 0 bridgehead atoms. The van der Waals surface area contributed by atoms with E-state index in [1.807, 2.05) is 36.9 Å². The highest BCUT2D eigenvalue weighted by molar-refractivity contribution is 6.18. The van der Waals surface area contributed by atoms with Crippen molar-refractivity contribution in [1.29, 1.82) is 0 Å². The van der Waals surface area contributed by atoms with Crippen LogP contribution in [0.2, 0.25) is 0 Å². The molecule has 2 unspecified atom stereocenters. The van der Waals surface area contributed by atoms with Crippen LogP contribution in [0.1, 0.15) is 18.1 Å². The van der Waals surface area contributed by atoms with E-state index < -0.39 is 0 Å². The molecule has 1 aliphatic heterocycles. The van der Waals surface area contributed by atoms with Crippen LogP contribution in [0, 0.1) is 6.92 Å². The quantitative estimate of drug-likeness (QED) is 0.796. The Labute approximate surface area is 119 Å². The zero-order valence-electron chi connectivity index (χ0n) is 11.4. The molecule has 1 heterocycles. The highest BCUT2D eigenvalue weighted by atomic mass is 35.5. The third kappa shape index (κ3) is 3.71. The number of morpholine rings is 1. The van der Waals surface area contributed by atoms with Gasteiger partial charge in [0, 0.05) is 6.54 Å². The van der Waals surface area contributed by atoms with Crippen LogP contribution in [0.25, 0.3) is 0 Å². The van der Waals surface area contributed by atoms with Gasteiger partial charge in [0.2, 0.25) is 5.91 Å². The highest BCUT2D eigenvalue weighted by Crippen LogP contribution is 2.15. The molecule has 19 heavy (non-hydrogen) atoms. The van der Waals surface area contributed by atoms with E-state index in [1.54, 1.807) is 0 Å². The van der Waals surface area contributed by atoms with Crippen molar-refractivity contribution in [2.75, 3.05) is 19.0 Å². The molecule has 0 spiro atoms. The summed E-state index contributed by atoms with van der Waals surface area (Å²) in [6, 6.07) is 8.20. The maximum Gasteiger partial charge on any atom is 0.227 e. The van der Waals surface area contributed by atoms with Crippen LogP contribution >= 0.6 is 11.6 Å². The number of ether oxygens (including phenoxy) is 1. The Balaban J connectivity index is 2.02.